The van der Waals surface area contributed by atoms with E-state index in [1.807, 2.05) is 13.2 Å². The quantitative estimate of drug-likeness (QED) is 0.903. The molecule has 1 N–H and O–H groups in total. The number of amides is 1. The van der Waals surface area contributed by atoms with Gasteiger partial charge in [-0.1, -0.05) is 5.16 Å². The van der Waals surface area contributed by atoms with Gasteiger partial charge in [0.15, 0.2) is 0 Å². The van der Waals surface area contributed by atoms with Gasteiger partial charge in [-0.2, -0.15) is 5.10 Å². The van der Waals surface area contributed by atoms with Gasteiger partial charge in [-0.25, -0.2) is 0 Å². The molecule has 0 aliphatic carbocycles. The molecule has 2 aromatic rings. The molecule has 1 aliphatic heterocycles. The number of rotatable bonds is 3. The van der Waals surface area contributed by atoms with Gasteiger partial charge in [0.25, 0.3) is 5.91 Å². The third-order valence-corrected chi connectivity index (χ3v) is 3.31. The summed E-state index contributed by atoms with van der Waals surface area (Å²) in [6, 6.07) is 1.53. The van der Waals surface area contributed by atoms with Crippen molar-refractivity contribution < 1.29 is 14.1 Å². The van der Waals surface area contributed by atoms with Crippen LogP contribution in [0.5, 0.6) is 0 Å². The number of aryl methyl sites for hydroxylation is 2. The van der Waals surface area contributed by atoms with Crippen molar-refractivity contribution in [2.45, 2.75) is 25.5 Å². The zero-order chi connectivity index (χ0) is 14.1. The second-order valence-electron chi connectivity index (χ2n) is 4.94. The lowest BCUT2D eigenvalue weighted by Gasteiger charge is -2.17. The molecule has 1 fully saturated rings. The maximum atomic E-state index is 12.1. The smallest absolute Gasteiger partial charge is 0.290 e. The Hall–Kier alpha value is -2.15. The summed E-state index contributed by atoms with van der Waals surface area (Å²) in [6.45, 7) is 2.39. The van der Waals surface area contributed by atoms with Crippen molar-refractivity contribution in [1.82, 2.24) is 20.3 Å². The summed E-state index contributed by atoms with van der Waals surface area (Å²) < 4.78 is 12.4. The second-order valence-corrected chi connectivity index (χ2v) is 4.94. The van der Waals surface area contributed by atoms with E-state index in [2.05, 4.69) is 15.6 Å². The molecule has 0 saturated carbocycles. The molecule has 1 aliphatic rings. The van der Waals surface area contributed by atoms with Crippen LogP contribution in [0.3, 0.4) is 0 Å². The first-order valence-corrected chi connectivity index (χ1v) is 6.48. The number of aromatic nitrogens is 3. The van der Waals surface area contributed by atoms with Gasteiger partial charge in [-0.3, -0.25) is 9.48 Å². The highest BCUT2D eigenvalue weighted by atomic mass is 16.5. The minimum atomic E-state index is -0.269. The van der Waals surface area contributed by atoms with Crippen molar-refractivity contribution >= 4 is 5.91 Å². The summed E-state index contributed by atoms with van der Waals surface area (Å²) in [7, 11) is 1.85. The van der Waals surface area contributed by atoms with Crippen LogP contribution < -0.4 is 5.32 Å². The average Bonchev–Trinajstić information content (AvgIpc) is 3.10. The van der Waals surface area contributed by atoms with E-state index in [0.29, 0.717) is 12.3 Å². The molecule has 3 heterocycles. The molecule has 2 atom stereocenters. The molecule has 7 heteroatoms. The molecule has 1 amide bonds. The zero-order valence-electron chi connectivity index (χ0n) is 11.4. The SMILES string of the molecule is Cc1cc(C(=O)N[C@H]2CCO[C@@H]2c2cnn(C)c2)on1. The van der Waals surface area contributed by atoms with Crippen LogP contribution in [0.1, 0.15) is 34.3 Å². The summed E-state index contributed by atoms with van der Waals surface area (Å²) >= 11 is 0. The highest BCUT2D eigenvalue weighted by Gasteiger charge is 2.32. The van der Waals surface area contributed by atoms with Crippen LogP contribution in [-0.2, 0) is 11.8 Å². The maximum absolute atomic E-state index is 12.1. The van der Waals surface area contributed by atoms with Crippen LogP contribution in [0.15, 0.2) is 23.0 Å². The van der Waals surface area contributed by atoms with Crippen molar-refractivity contribution in [3.8, 4) is 0 Å². The molecule has 106 valence electrons. The fourth-order valence-corrected chi connectivity index (χ4v) is 2.36. The molecular weight excluding hydrogens is 260 g/mol. The largest absolute Gasteiger partial charge is 0.371 e. The lowest BCUT2D eigenvalue weighted by atomic mass is 10.1. The van der Waals surface area contributed by atoms with E-state index < -0.39 is 0 Å². The van der Waals surface area contributed by atoms with Crippen molar-refractivity contribution in [3.63, 3.8) is 0 Å². The number of carbonyl (C=O) groups excluding carboxylic acids is 1. The van der Waals surface area contributed by atoms with Crippen molar-refractivity contribution in [2.75, 3.05) is 6.61 Å². The Kier molecular flexibility index (Phi) is 3.27. The van der Waals surface area contributed by atoms with E-state index in [-0.39, 0.29) is 23.8 Å². The van der Waals surface area contributed by atoms with Crippen molar-refractivity contribution in [3.05, 3.63) is 35.5 Å². The molecule has 0 radical (unpaired) electrons. The molecular formula is C13H16N4O3. The first-order valence-electron chi connectivity index (χ1n) is 6.48. The Morgan fingerprint density at radius 2 is 2.40 bits per heavy atom. The molecule has 2 aromatic heterocycles. The first-order chi connectivity index (χ1) is 9.63. The minimum absolute atomic E-state index is 0.0860. The predicted molar refractivity (Wildman–Crippen MR) is 69.0 cm³/mol. The molecule has 0 bridgehead atoms. The molecule has 0 unspecified atom stereocenters. The summed E-state index contributed by atoms with van der Waals surface area (Å²) in [4.78, 5) is 12.1. The van der Waals surface area contributed by atoms with Gasteiger partial charge >= 0.3 is 0 Å². The van der Waals surface area contributed by atoms with Crippen molar-refractivity contribution in [2.24, 2.45) is 7.05 Å². The Bertz CT molecular complexity index is 619. The third kappa shape index (κ3) is 2.44. The summed E-state index contributed by atoms with van der Waals surface area (Å²) in [5, 5.41) is 10.8. The number of hydrogen-bond donors (Lipinski definition) is 1. The lowest BCUT2D eigenvalue weighted by molar-refractivity contribution is 0.0795. The van der Waals surface area contributed by atoms with Gasteiger partial charge in [0.2, 0.25) is 5.76 Å². The number of carbonyl (C=O) groups is 1. The van der Waals surface area contributed by atoms with E-state index >= 15 is 0 Å². The van der Waals surface area contributed by atoms with Gasteiger partial charge in [-0.15, -0.1) is 0 Å². The van der Waals surface area contributed by atoms with Gasteiger partial charge < -0.3 is 14.6 Å². The average molecular weight is 276 g/mol. The van der Waals surface area contributed by atoms with Gasteiger partial charge in [0, 0.05) is 31.5 Å². The Balaban J connectivity index is 1.71. The van der Waals surface area contributed by atoms with Crippen LogP contribution in [0, 0.1) is 6.92 Å². The molecule has 0 spiro atoms. The van der Waals surface area contributed by atoms with Gasteiger partial charge in [0.1, 0.15) is 6.10 Å². The van der Waals surface area contributed by atoms with Crippen LogP contribution in [0.2, 0.25) is 0 Å². The summed E-state index contributed by atoms with van der Waals surface area (Å²) in [6.07, 6.45) is 4.25. The summed E-state index contributed by atoms with van der Waals surface area (Å²) in [5.74, 6) is -0.0469. The topological polar surface area (TPSA) is 82.2 Å². The zero-order valence-corrected chi connectivity index (χ0v) is 11.4. The Morgan fingerprint density at radius 3 is 3.05 bits per heavy atom. The standard InChI is InChI=1S/C13H16N4O3/c1-8-5-11(20-16-8)13(18)15-10-3-4-19-12(10)9-6-14-17(2)7-9/h5-7,10,12H,3-4H2,1-2H3,(H,15,18)/t10-,12+/m0/s1. The van der Waals surface area contributed by atoms with Crippen LogP contribution >= 0.6 is 0 Å². The van der Waals surface area contributed by atoms with Crippen molar-refractivity contribution in [1.29, 1.82) is 0 Å². The minimum Gasteiger partial charge on any atom is -0.371 e. The number of nitrogens with zero attached hydrogens (tertiary/aromatic N) is 3. The number of nitrogens with one attached hydrogen (secondary N) is 1. The molecule has 3 rings (SSSR count). The summed E-state index contributed by atoms with van der Waals surface area (Å²) in [5.41, 5.74) is 1.64. The van der Waals surface area contributed by atoms with Crippen LogP contribution in [-0.4, -0.2) is 33.5 Å². The third-order valence-electron chi connectivity index (χ3n) is 3.31. The van der Waals surface area contributed by atoms with E-state index in [0.717, 1.165) is 12.0 Å². The van der Waals surface area contributed by atoms with E-state index in [1.54, 1.807) is 23.9 Å². The molecule has 0 aromatic carbocycles. The van der Waals surface area contributed by atoms with Crippen LogP contribution in [0.25, 0.3) is 0 Å². The highest BCUT2D eigenvalue weighted by Crippen LogP contribution is 2.28. The van der Waals surface area contributed by atoms with E-state index in [4.69, 9.17) is 9.26 Å². The van der Waals surface area contributed by atoms with Gasteiger partial charge in [-0.05, 0) is 13.3 Å². The molecule has 1 saturated heterocycles. The Labute approximate surface area is 115 Å². The molecule has 20 heavy (non-hydrogen) atoms. The normalized spacial score (nSPS) is 22.1. The first kappa shape index (κ1) is 12.9. The van der Waals surface area contributed by atoms with E-state index in [9.17, 15) is 4.79 Å². The fraction of sp³-hybridized carbons (Fsp3) is 0.462. The second kappa shape index (κ2) is 5.09. The Morgan fingerprint density at radius 1 is 1.55 bits per heavy atom. The van der Waals surface area contributed by atoms with Gasteiger partial charge in [0.05, 0.1) is 17.9 Å². The van der Waals surface area contributed by atoms with Crippen LogP contribution in [0.4, 0.5) is 0 Å². The monoisotopic (exact) mass is 276 g/mol. The maximum Gasteiger partial charge on any atom is 0.290 e. The number of hydrogen-bond acceptors (Lipinski definition) is 5. The van der Waals surface area contributed by atoms with E-state index in [1.165, 1.54) is 0 Å². The predicted octanol–water partition coefficient (Wildman–Crippen LogP) is 0.977. The molecule has 7 nitrogen and oxygen atoms in total. The fourth-order valence-electron chi connectivity index (χ4n) is 2.36. The lowest BCUT2D eigenvalue weighted by Crippen LogP contribution is -2.36. The number of ether oxygens (including phenoxy) is 1. The highest BCUT2D eigenvalue weighted by molar-refractivity contribution is 5.91.